The monoisotopic (exact) mass is 204 g/mol. The standard InChI is InChI=1S/C13H16O2/c14-10-13(8-6-12(15)7-9-13)11-4-2-1-3-5-11/h1-5,10,12,15H,6-9H2. The third-order valence-corrected chi connectivity index (χ3v) is 3.42. The smallest absolute Gasteiger partial charge is 0.130 e. The Bertz CT molecular complexity index is 324. The summed E-state index contributed by atoms with van der Waals surface area (Å²) in [6.45, 7) is 0. The first-order valence-corrected chi connectivity index (χ1v) is 5.47. The number of rotatable bonds is 2. The molecule has 0 unspecified atom stereocenters. The van der Waals surface area contributed by atoms with E-state index in [0.717, 1.165) is 37.5 Å². The van der Waals surface area contributed by atoms with Gasteiger partial charge in [0.05, 0.1) is 11.5 Å². The number of carbonyl (C=O) groups excluding carboxylic acids is 1. The maximum absolute atomic E-state index is 11.3. The second-order valence-corrected chi connectivity index (χ2v) is 4.37. The van der Waals surface area contributed by atoms with Gasteiger partial charge in [-0.1, -0.05) is 30.3 Å². The fourth-order valence-electron chi connectivity index (χ4n) is 2.36. The highest BCUT2D eigenvalue weighted by Crippen LogP contribution is 2.37. The molecule has 2 heteroatoms. The van der Waals surface area contributed by atoms with Crippen molar-refractivity contribution in [2.24, 2.45) is 0 Å². The van der Waals surface area contributed by atoms with Crippen LogP contribution in [0.5, 0.6) is 0 Å². The Kier molecular flexibility index (Phi) is 2.87. The fraction of sp³-hybridized carbons (Fsp3) is 0.462. The van der Waals surface area contributed by atoms with Gasteiger partial charge in [0, 0.05) is 0 Å². The molecular formula is C13H16O2. The molecule has 1 aliphatic carbocycles. The Balaban J connectivity index is 2.27. The van der Waals surface area contributed by atoms with E-state index in [1.54, 1.807) is 0 Å². The molecule has 1 fully saturated rings. The number of hydrogen-bond donors (Lipinski definition) is 1. The van der Waals surface area contributed by atoms with Gasteiger partial charge in [0.15, 0.2) is 0 Å². The molecule has 1 N–H and O–H groups in total. The van der Waals surface area contributed by atoms with Crippen LogP contribution in [-0.4, -0.2) is 17.5 Å². The Hall–Kier alpha value is -1.15. The van der Waals surface area contributed by atoms with Gasteiger partial charge in [0.25, 0.3) is 0 Å². The Labute approximate surface area is 89.9 Å². The molecule has 2 nitrogen and oxygen atoms in total. The molecule has 0 atom stereocenters. The van der Waals surface area contributed by atoms with Crippen molar-refractivity contribution in [1.82, 2.24) is 0 Å². The lowest BCUT2D eigenvalue weighted by atomic mass is 9.70. The van der Waals surface area contributed by atoms with Crippen LogP contribution in [0, 0.1) is 0 Å². The van der Waals surface area contributed by atoms with Crippen LogP contribution in [0.15, 0.2) is 30.3 Å². The van der Waals surface area contributed by atoms with Gasteiger partial charge in [-0.15, -0.1) is 0 Å². The number of aliphatic hydroxyl groups is 1. The van der Waals surface area contributed by atoms with E-state index < -0.39 is 0 Å². The molecule has 0 amide bonds. The zero-order valence-corrected chi connectivity index (χ0v) is 8.73. The van der Waals surface area contributed by atoms with Crippen LogP contribution in [0.2, 0.25) is 0 Å². The van der Waals surface area contributed by atoms with Gasteiger partial charge in [-0.05, 0) is 31.2 Å². The maximum atomic E-state index is 11.3. The third-order valence-electron chi connectivity index (χ3n) is 3.42. The Morgan fingerprint density at radius 1 is 1.20 bits per heavy atom. The molecule has 0 aliphatic heterocycles. The lowest BCUT2D eigenvalue weighted by Crippen LogP contribution is -2.34. The van der Waals surface area contributed by atoms with Gasteiger partial charge in [0.2, 0.25) is 0 Å². The maximum Gasteiger partial charge on any atom is 0.130 e. The number of hydrogen-bond acceptors (Lipinski definition) is 2. The van der Waals surface area contributed by atoms with Crippen molar-refractivity contribution in [1.29, 1.82) is 0 Å². The summed E-state index contributed by atoms with van der Waals surface area (Å²) in [5.74, 6) is 0. The lowest BCUT2D eigenvalue weighted by molar-refractivity contribution is -0.114. The first-order chi connectivity index (χ1) is 7.27. The van der Waals surface area contributed by atoms with Crippen LogP contribution in [0.25, 0.3) is 0 Å². The SMILES string of the molecule is O=CC1(c2ccccc2)CCC(O)CC1. The van der Waals surface area contributed by atoms with Crippen molar-refractivity contribution >= 4 is 6.29 Å². The van der Waals surface area contributed by atoms with Crippen LogP contribution < -0.4 is 0 Å². The van der Waals surface area contributed by atoms with Gasteiger partial charge in [0.1, 0.15) is 6.29 Å². The molecule has 1 saturated carbocycles. The normalized spacial score (nSPS) is 31.1. The zero-order chi connectivity index (χ0) is 10.7. The van der Waals surface area contributed by atoms with E-state index in [1.807, 2.05) is 30.3 Å². The average molecular weight is 204 g/mol. The van der Waals surface area contributed by atoms with Crippen LogP contribution in [0.4, 0.5) is 0 Å². The molecule has 15 heavy (non-hydrogen) atoms. The molecule has 0 heterocycles. The minimum atomic E-state index is -0.347. The second kappa shape index (κ2) is 4.15. The van der Waals surface area contributed by atoms with Crippen LogP contribution in [0.3, 0.4) is 0 Å². The van der Waals surface area contributed by atoms with E-state index in [0.29, 0.717) is 0 Å². The topological polar surface area (TPSA) is 37.3 Å². The highest BCUT2D eigenvalue weighted by atomic mass is 16.3. The lowest BCUT2D eigenvalue weighted by Gasteiger charge is -2.34. The quantitative estimate of drug-likeness (QED) is 0.749. The van der Waals surface area contributed by atoms with E-state index in [-0.39, 0.29) is 11.5 Å². The highest BCUT2D eigenvalue weighted by molar-refractivity contribution is 5.68. The van der Waals surface area contributed by atoms with E-state index in [4.69, 9.17) is 0 Å². The molecule has 0 aromatic heterocycles. The largest absolute Gasteiger partial charge is 0.393 e. The van der Waals surface area contributed by atoms with Crippen molar-refractivity contribution in [3.63, 3.8) is 0 Å². The summed E-state index contributed by atoms with van der Waals surface area (Å²) in [6.07, 6.45) is 3.83. The number of aldehydes is 1. The molecular weight excluding hydrogens is 188 g/mol. The summed E-state index contributed by atoms with van der Waals surface area (Å²) in [7, 11) is 0. The summed E-state index contributed by atoms with van der Waals surface area (Å²) in [4.78, 5) is 11.3. The predicted molar refractivity (Wildman–Crippen MR) is 58.7 cm³/mol. The summed E-state index contributed by atoms with van der Waals surface area (Å²) in [6, 6.07) is 9.90. The zero-order valence-electron chi connectivity index (χ0n) is 8.73. The van der Waals surface area contributed by atoms with Gasteiger partial charge < -0.3 is 9.90 Å². The van der Waals surface area contributed by atoms with Crippen LogP contribution in [-0.2, 0) is 10.2 Å². The van der Waals surface area contributed by atoms with Crippen LogP contribution >= 0.6 is 0 Å². The number of benzene rings is 1. The van der Waals surface area contributed by atoms with Crippen LogP contribution in [0.1, 0.15) is 31.2 Å². The molecule has 0 bridgehead atoms. The van der Waals surface area contributed by atoms with Gasteiger partial charge in [-0.2, -0.15) is 0 Å². The first kappa shape index (κ1) is 10.4. The van der Waals surface area contributed by atoms with Crippen molar-refractivity contribution in [3.05, 3.63) is 35.9 Å². The summed E-state index contributed by atoms with van der Waals surface area (Å²) < 4.78 is 0. The second-order valence-electron chi connectivity index (χ2n) is 4.37. The molecule has 1 aromatic rings. The molecule has 1 aliphatic rings. The van der Waals surface area contributed by atoms with Gasteiger partial charge in [-0.25, -0.2) is 0 Å². The highest BCUT2D eigenvalue weighted by Gasteiger charge is 2.35. The molecule has 1 aromatic carbocycles. The van der Waals surface area contributed by atoms with Crippen molar-refractivity contribution in [2.45, 2.75) is 37.2 Å². The minimum Gasteiger partial charge on any atom is -0.393 e. The summed E-state index contributed by atoms with van der Waals surface area (Å²) >= 11 is 0. The van der Waals surface area contributed by atoms with E-state index >= 15 is 0 Å². The molecule has 80 valence electrons. The number of aliphatic hydroxyl groups excluding tert-OH is 1. The van der Waals surface area contributed by atoms with Crippen molar-refractivity contribution < 1.29 is 9.90 Å². The number of carbonyl (C=O) groups is 1. The molecule has 2 rings (SSSR count). The average Bonchev–Trinajstić information content (AvgIpc) is 2.32. The van der Waals surface area contributed by atoms with Gasteiger partial charge >= 0.3 is 0 Å². The predicted octanol–water partition coefficient (Wildman–Crippen LogP) is 2.06. The molecule has 0 saturated heterocycles. The van der Waals surface area contributed by atoms with Gasteiger partial charge in [-0.3, -0.25) is 0 Å². The van der Waals surface area contributed by atoms with E-state index in [2.05, 4.69) is 0 Å². The molecule has 0 spiro atoms. The fourth-order valence-corrected chi connectivity index (χ4v) is 2.36. The first-order valence-electron chi connectivity index (χ1n) is 5.47. The molecule has 0 radical (unpaired) electrons. The summed E-state index contributed by atoms with van der Waals surface area (Å²) in [5.41, 5.74) is 0.743. The van der Waals surface area contributed by atoms with E-state index in [1.165, 1.54) is 0 Å². The third kappa shape index (κ3) is 1.95. The van der Waals surface area contributed by atoms with Crippen molar-refractivity contribution in [2.75, 3.05) is 0 Å². The summed E-state index contributed by atoms with van der Waals surface area (Å²) in [5, 5.41) is 9.47. The Morgan fingerprint density at radius 2 is 1.80 bits per heavy atom. The minimum absolute atomic E-state index is 0.221. The van der Waals surface area contributed by atoms with E-state index in [9.17, 15) is 9.90 Å². The van der Waals surface area contributed by atoms with Crippen molar-refractivity contribution in [3.8, 4) is 0 Å². The Morgan fingerprint density at radius 3 is 2.33 bits per heavy atom.